The summed E-state index contributed by atoms with van der Waals surface area (Å²) in [5.74, 6) is 0.101. The number of sulfonamides is 2. The van der Waals surface area contributed by atoms with Crippen molar-refractivity contribution in [1.82, 2.24) is 0 Å². The standard InChI is InChI=1S/C13H20N2O4S2/c1-3-4-7-20(16,17)15-10(2)8-11-9-12(21(14,18)19)5-6-13(11)15/h5-6,9-10H,3-4,7-8H2,1-2H3,(H2,14,18,19)/t10-/m0/s1. The van der Waals surface area contributed by atoms with Crippen LogP contribution in [0.2, 0.25) is 0 Å². The van der Waals surface area contributed by atoms with Crippen LogP contribution in [0.1, 0.15) is 32.3 Å². The molecule has 0 fully saturated rings. The molecule has 0 saturated carbocycles. The Morgan fingerprint density at radius 3 is 2.52 bits per heavy atom. The average Bonchev–Trinajstić information content (AvgIpc) is 2.70. The minimum absolute atomic E-state index is 0.0151. The summed E-state index contributed by atoms with van der Waals surface area (Å²) in [4.78, 5) is 0.0151. The molecule has 8 heteroatoms. The normalized spacial score (nSPS) is 18.8. The lowest BCUT2D eigenvalue weighted by molar-refractivity contribution is 0.580. The SMILES string of the molecule is CCCCS(=O)(=O)N1c2ccc(S(N)(=O)=O)cc2C[C@@H]1C. The first-order valence-corrected chi connectivity index (χ1v) is 10.00. The van der Waals surface area contributed by atoms with Crippen LogP contribution in [-0.4, -0.2) is 28.6 Å². The summed E-state index contributed by atoms with van der Waals surface area (Å²) in [5, 5.41) is 5.11. The van der Waals surface area contributed by atoms with Crippen LogP contribution in [0.3, 0.4) is 0 Å². The molecule has 1 aromatic carbocycles. The average molecular weight is 332 g/mol. The Labute approximate surface area is 126 Å². The Balaban J connectivity index is 2.43. The molecule has 0 spiro atoms. The number of nitrogens with two attached hydrogens (primary N) is 1. The van der Waals surface area contributed by atoms with E-state index in [4.69, 9.17) is 5.14 Å². The van der Waals surface area contributed by atoms with E-state index in [1.165, 1.54) is 22.5 Å². The van der Waals surface area contributed by atoms with Crippen molar-refractivity contribution in [1.29, 1.82) is 0 Å². The molecule has 0 aliphatic carbocycles. The van der Waals surface area contributed by atoms with Gasteiger partial charge in [-0.2, -0.15) is 0 Å². The van der Waals surface area contributed by atoms with Crippen LogP contribution in [0.5, 0.6) is 0 Å². The van der Waals surface area contributed by atoms with Gasteiger partial charge in [-0.25, -0.2) is 22.0 Å². The van der Waals surface area contributed by atoms with Crippen molar-refractivity contribution in [3.63, 3.8) is 0 Å². The molecule has 0 aromatic heterocycles. The summed E-state index contributed by atoms with van der Waals surface area (Å²) >= 11 is 0. The molecule has 0 radical (unpaired) electrons. The van der Waals surface area contributed by atoms with Crippen molar-refractivity contribution >= 4 is 25.7 Å². The number of nitrogens with zero attached hydrogens (tertiary/aromatic N) is 1. The molecule has 6 nitrogen and oxygen atoms in total. The van der Waals surface area contributed by atoms with Crippen LogP contribution in [0, 0.1) is 0 Å². The topological polar surface area (TPSA) is 97.5 Å². The fourth-order valence-corrected chi connectivity index (χ4v) is 5.12. The van der Waals surface area contributed by atoms with E-state index >= 15 is 0 Å². The molecule has 1 aromatic rings. The monoisotopic (exact) mass is 332 g/mol. The van der Waals surface area contributed by atoms with Crippen LogP contribution in [0.15, 0.2) is 23.1 Å². The third-order valence-corrected chi connectivity index (χ3v) is 6.46. The molecular formula is C13H20N2O4S2. The minimum Gasteiger partial charge on any atom is -0.267 e. The molecule has 2 rings (SSSR count). The molecule has 0 bridgehead atoms. The lowest BCUT2D eigenvalue weighted by Crippen LogP contribution is -2.37. The van der Waals surface area contributed by atoms with Gasteiger partial charge in [0.1, 0.15) is 0 Å². The van der Waals surface area contributed by atoms with E-state index in [9.17, 15) is 16.8 Å². The van der Waals surface area contributed by atoms with Crippen LogP contribution in [-0.2, 0) is 26.5 Å². The molecule has 0 saturated heterocycles. The molecule has 2 N–H and O–H groups in total. The second-order valence-corrected chi connectivity index (χ2v) is 8.88. The molecule has 0 amide bonds. The van der Waals surface area contributed by atoms with E-state index < -0.39 is 20.0 Å². The van der Waals surface area contributed by atoms with Gasteiger partial charge in [-0.15, -0.1) is 0 Å². The predicted octanol–water partition coefficient (Wildman–Crippen LogP) is 1.21. The highest BCUT2D eigenvalue weighted by Gasteiger charge is 2.35. The fourth-order valence-electron chi connectivity index (χ4n) is 2.61. The van der Waals surface area contributed by atoms with Gasteiger partial charge >= 0.3 is 0 Å². The van der Waals surface area contributed by atoms with E-state index in [0.29, 0.717) is 24.1 Å². The summed E-state index contributed by atoms with van der Waals surface area (Å²) in [7, 11) is -7.16. The second kappa shape index (κ2) is 5.58. The van der Waals surface area contributed by atoms with Gasteiger partial charge in [0.05, 0.1) is 16.3 Å². The zero-order valence-corrected chi connectivity index (χ0v) is 13.7. The Bertz CT molecular complexity index is 741. The minimum atomic E-state index is -3.78. The number of rotatable bonds is 5. The third kappa shape index (κ3) is 3.22. The van der Waals surface area contributed by atoms with Crippen molar-refractivity contribution in [2.24, 2.45) is 5.14 Å². The number of fused-ring (bicyclic) bond motifs is 1. The van der Waals surface area contributed by atoms with Crippen molar-refractivity contribution in [2.75, 3.05) is 10.1 Å². The molecule has 118 valence electrons. The Kier molecular flexibility index (Phi) is 4.32. The van der Waals surface area contributed by atoms with Gasteiger partial charge in [-0.3, -0.25) is 4.31 Å². The fraction of sp³-hybridized carbons (Fsp3) is 0.538. The van der Waals surface area contributed by atoms with Crippen molar-refractivity contribution in [3.8, 4) is 0 Å². The number of benzene rings is 1. The van der Waals surface area contributed by atoms with E-state index in [2.05, 4.69) is 0 Å². The molecule has 1 atom stereocenters. The predicted molar refractivity (Wildman–Crippen MR) is 82.2 cm³/mol. The van der Waals surface area contributed by atoms with Gasteiger partial charge in [0.2, 0.25) is 20.0 Å². The molecule has 0 unspecified atom stereocenters. The van der Waals surface area contributed by atoms with Gasteiger partial charge in [-0.1, -0.05) is 13.3 Å². The number of anilines is 1. The summed E-state index contributed by atoms with van der Waals surface area (Å²) in [6, 6.07) is 4.14. The van der Waals surface area contributed by atoms with E-state index in [0.717, 1.165) is 6.42 Å². The third-order valence-electron chi connectivity index (χ3n) is 3.59. The quantitative estimate of drug-likeness (QED) is 0.876. The van der Waals surface area contributed by atoms with Crippen LogP contribution in [0.25, 0.3) is 0 Å². The first kappa shape index (κ1) is 16.3. The zero-order valence-electron chi connectivity index (χ0n) is 12.1. The lowest BCUT2D eigenvalue weighted by Gasteiger charge is -2.24. The maximum atomic E-state index is 12.4. The van der Waals surface area contributed by atoms with Crippen LogP contribution < -0.4 is 9.44 Å². The van der Waals surface area contributed by atoms with Gasteiger partial charge in [0.25, 0.3) is 0 Å². The highest BCUT2D eigenvalue weighted by atomic mass is 32.2. The first-order valence-electron chi connectivity index (χ1n) is 6.84. The number of primary sulfonamides is 1. The maximum Gasteiger partial charge on any atom is 0.238 e. The zero-order chi connectivity index (χ0) is 15.8. The highest BCUT2D eigenvalue weighted by Crippen LogP contribution is 2.36. The Morgan fingerprint density at radius 1 is 1.29 bits per heavy atom. The number of unbranched alkanes of at least 4 members (excludes halogenated alkanes) is 1. The second-order valence-electron chi connectivity index (χ2n) is 5.35. The van der Waals surface area contributed by atoms with Gasteiger partial charge in [0, 0.05) is 6.04 Å². The molecule has 21 heavy (non-hydrogen) atoms. The van der Waals surface area contributed by atoms with E-state index in [-0.39, 0.29) is 16.7 Å². The highest BCUT2D eigenvalue weighted by molar-refractivity contribution is 7.92. The molecular weight excluding hydrogens is 312 g/mol. The van der Waals surface area contributed by atoms with Crippen molar-refractivity contribution in [2.45, 2.75) is 44.0 Å². The van der Waals surface area contributed by atoms with Gasteiger partial charge in [0.15, 0.2) is 0 Å². The van der Waals surface area contributed by atoms with E-state index in [1.807, 2.05) is 13.8 Å². The summed E-state index contributed by atoms with van der Waals surface area (Å²) < 4.78 is 49.0. The Hall–Kier alpha value is -1.12. The van der Waals surface area contributed by atoms with Crippen molar-refractivity contribution < 1.29 is 16.8 Å². The maximum absolute atomic E-state index is 12.4. The lowest BCUT2D eigenvalue weighted by atomic mass is 10.1. The van der Waals surface area contributed by atoms with Crippen LogP contribution in [0.4, 0.5) is 5.69 Å². The van der Waals surface area contributed by atoms with E-state index in [1.54, 1.807) is 0 Å². The summed E-state index contributed by atoms with van der Waals surface area (Å²) in [6.45, 7) is 3.76. The smallest absolute Gasteiger partial charge is 0.238 e. The van der Waals surface area contributed by atoms with Gasteiger partial charge < -0.3 is 0 Å². The number of hydrogen-bond donors (Lipinski definition) is 1. The molecule has 1 heterocycles. The first-order chi connectivity index (χ1) is 9.66. The summed E-state index contributed by atoms with van der Waals surface area (Å²) in [6.07, 6.45) is 1.90. The number of hydrogen-bond acceptors (Lipinski definition) is 4. The van der Waals surface area contributed by atoms with Gasteiger partial charge in [-0.05, 0) is 43.5 Å². The Morgan fingerprint density at radius 2 is 1.95 bits per heavy atom. The summed E-state index contributed by atoms with van der Waals surface area (Å²) in [5.41, 5.74) is 1.26. The molecule has 1 aliphatic rings. The van der Waals surface area contributed by atoms with Crippen molar-refractivity contribution in [3.05, 3.63) is 23.8 Å². The molecule has 1 aliphatic heterocycles. The van der Waals surface area contributed by atoms with Crippen LogP contribution >= 0.6 is 0 Å². The largest absolute Gasteiger partial charge is 0.267 e.